The summed E-state index contributed by atoms with van der Waals surface area (Å²) in [6.07, 6.45) is 2.00. The fourth-order valence-electron chi connectivity index (χ4n) is 2.87. The van der Waals surface area contributed by atoms with E-state index in [2.05, 4.69) is 15.6 Å². The van der Waals surface area contributed by atoms with Crippen LogP contribution in [0.4, 0.5) is 9.52 Å². The van der Waals surface area contributed by atoms with Gasteiger partial charge in [0.2, 0.25) is 5.91 Å². The predicted octanol–water partition coefficient (Wildman–Crippen LogP) is 3.19. The number of aryl methyl sites for hydroxylation is 1. The summed E-state index contributed by atoms with van der Waals surface area (Å²) in [7, 11) is 0. The standard InChI is InChI=1S/C19H20FN3O3S/c1-10(2)15(22-17(25)11-6-8-12(20)9-7-11)18(26)23-19-21-13-4-3-5-14(24)16(13)27-19/h6-10,15H,3-5H2,1-2H3,(H,22,25)(H,21,23,26). The smallest absolute Gasteiger partial charge is 0.251 e. The Labute approximate surface area is 160 Å². The van der Waals surface area contributed by atoms with E-state index >= 15 is 0 Å². The van der Waals surface area contributed by atoms with E-state index in [4.69, 9.17) is 0 Å². The molecular weight excluding hydrogens is 369 g/mol. The van der Waals surface area contributed by atoms with Gasteiger partial charge in [0, 0.05) is 12.0 Å². The number of hydrogen-bond acceptors (Lipinski definition) is 5. The number of nitrogens with one attached hydrogen (secondary N) is 2. The van der Waals surface area contributed by atoms with Crippen LogP contribution in [0.15, 0.2) is 24.3 Å². The van der Waals surface area contributed by atoms with Crippen LogP contribution < -0.4 is 10.6 Å². The quantitative estimate of drug-likeness (QED) is 0.822. The molecule has 3 rings (SSSR count). The van der Waals surface area contributed by atoms with Gasteiger partial charge in [-0.05, 0) is 43.0 Å². The highest BCUT2D eigenvalue weighted by molar-refractivity contribution is 7.17. The molecule has 142 valence electrons. The zero-order valence-electron chi connectivity index (χ0n) is 15.0. The van der Waals surface area contributed by atoms with Gasteiger partial charge in [-0.2, -0.15) is 0 Å². The molecule has 2 amide bonds. The predicted molar refractivity (Wildman–Crippen MR) is 101 cm³/mol. The highest BCUT2D eigenvalue weighted by Gasteiger charge is 2.27. The molecule has 1 aromatic carbocycles. The molecule has 1 aromatic heterocycles. The maximum atomic E-state index is 13.0. The summed E-state index contributed by atoms with van der Waals surface area (Å²) >= 11 is 1.17. The van der Waals surface area contributed by atoms with Gasteiger partial charge in [0.05, 0.1) is 10.6 Å². The maximum Gasteiger partial charge on any atom is 0.251 e. The molecule has 0 radical (unpaired) electrons. The molecule has 0 fully saturated rings. The van der Waals surface area contributed by atoms with Gasteiger partial charge in [-0.25, -0.2) is 9.37 Å². The number of fused-ring (bicyclic) bond motifs is 1. The molecule has 0 spiro atoms. The van der Waals surface area contributed by atoms with E-state index in [0.29, 0.717) is 16.4 Å². The topological polar surface area (TPSA) is 88.2 Å². The molecule has 0 saturated heterocycles. The van der Waals surface area contributed by atoms with Crippen molar-refractivity contribution in [1.29, 1.82) is 0 Å². The molecule has 8 heteroatoms. The minimum absolute atomic E-state index is 0.0549. The zero-order chi connectivity index (χ0) is 19.6. The van der Waals surface area contributed by atoms with Gasteiger partial charge in [-0.15, -0.1) is 0 Å². The minimum atomic E-state index is -0.792. The van der Waals surface area contributed by atoms with Gasteiger partial charge in [0.1, 0.15) is 11.9 Å². The van der Waals surface area contributed by atoms with Crippen LogP contribution in [-0.2, 0) is 11.2 Å². The number of carbonyl (C=O) groups excluding carboxylic acids is 3. The summed E-state index contributed by atoms with van der Waals surface area (Å²) in [5.41, 5.74) is 0.994. The Morgan fingerprint density at radius 3 is 2.52 bits per heavy atom. The van der Waals surface area contributed by atoms with Gasteiger partial charge in [0.15, 0.2) is 10.9 Å². The van der Waals surface area contributed by atoms with Crippen molar-refractivity contribution < 1.29 is 18.8 Å². The lowest BCUT2D eigenvalue weighted by Crippen LogP contribution is -2.47. The molecule has 0 saturated carbocycles. The molecule has 1 unspecified atom stereocenters. The fraction of sp³-hybridized carbons (Fsp3) is 0.368. The van der Waals surface area contributed by atoms with Gasteiger partial charge >= 0.3 is 0 Å². The van der Waals surface area contributed by atoms with Crippen LogP contribution in [0, 0.1) is 11.7 Å². The Hall–Kier alpha value is -2.61. The lowest BCUT2D eigenvalue weighted by atomic mass is 10.0. The minimum Gasteiger partial charge on any atom is -0.340 e. The number of nitrogens with zero attached hydrogens (tertiary/aromatic N) is 1. The van der Waals surface area contributed by atoms with Gasteiger partial charge in [0.25, 0.3) is 5.91 Å². The third kappa shape index (κ3) is 4.39. The second-order valence-electron chi connectivity index (χ2n) is 6.76. The molecule has 0 bridgehead atoms. The average Bonchev–Trinajstić information content (AvgIpc) is 3.03. The number of hydrogen-bond donors (Lipinski definition) is 2. The normalized spacial score (nSPS) is 14.6. The van der Waals surface area contributed by atoms with Crippen molar-refractivity contribution in [2.24, 2.45) is 5.92 Å². The van der Waals surface area contributed by atoms with E-state index in [-0.39, 0.29) is 17.3 Å². The first-order valence-corrected chi connectivity index (χ1v) is 9.57. The molecule has 6 nitrogen and oxygen atoms in total. The van der Waals surface area contributed by atoms with Crippen LogP contribution >= 0.6 is 11.3 Å². The number of ketones is 1. The number of amides is 2. The Morgan fingerprint density at radius 1 is 1.19 bits per heavy atom. The molecule has 0 aliphatic heterocycles. The Kier molecular flexibility index (Phi) is 5.65. The Bertz CT molecular complexity index is 877. The van der Waals surface area contributed by atoms with Crippen molar-refractivity contribution in [3.63, 3.8) is 0 Å². The first kappa shape index (κ1) is 19.2. The lowest BCUT2D eigenvalue weighted by molar-refractivity contribution is -0.118. The highest BCUT2D eigenvalue weighted by Crippen LogP contribution is 2.29. The van der Waals surface area contributed by atoms with Gasteiger partial charge < -0.3 is 10.6 Å². The number of halogens is 1. The number of Topliss-reactive ketones (excluding diaryl/α,β-unsaturated/α-hetero) is 1. The largest absolute Gasteiger partial charge is 0.340 e. The SMILES string of the molecule is CC(C)C(NC(=O)c1ccc(F)cc1)C(=O)Nc1nc2c(s1)C(=O)CCC2. The van der Waals surface area contributed by atoms with E-state index in [0.717, 1.165) is 18.5 Å². The molecular formula is C19H20FN3O3S. The molecule has 1 aliphatic rings. The van der Waals surface area contributed by atoms with Crippen LogP contribution in [0.2, 0.25) is 0 Å². The van der Waals surface area contributed by atoms with Crippen molar-refractivity contribution >= 4 is 34.1 Å². The summed E-state index contributed by atoms with van der Waals surface area (Å²) in [5.74, 6) is -1.42. The zero-order valence-corrected chi connectivity index (χ0v) is 15.9. The number of anilines is 1. The first-order valence-electron chi connectivity index (χ1n) is 8.75. The number of aromatic nitrogens is 1. The van der Waals surface area contributed by atoms with Gasteiger partial charge in [-0.3, -0.25) is 14.4 Å². The second-order valence-corrected chi connectivity index (χ2v) is 7.76. The Morgan fingerprint density at radius 2 is 1.89 bits per heavy atom. The first-order chi connectivity index (χ1) is 12.8. The maximum absolute atomic E-state index is 13.0. The van der Waals surface area contributed by atoms with E-state index in [1.807, 2.05) is 13.8 Å². The monoisotopic (exact) mass is 389 g/mol. The molecule has 27 heavy (non-hydrogen) atoms. The summed E-state index contributed by atoms with van der Waals surface area (Å²) in [6.45, 7) is 3.62. The number of carbonyl (C=O) groups is 3. The molecule has 2 N–H and O–H groups in total. The molecule has 1 aliphatic carbocycles. The van der Waals surface area contributed by atoms with Crippen molar-refractivity contribution in [2.75, 3.05) is 5.32 Å². The summed E-state index contributed by atoms with van der Waals surface area (Å²) in [6, 6.07) is 4.31. The fourth-order valence-corrected chi connectivity index (χ4v) is 3.85. The van der Waals surface area contributed by atoms with Crippen molar-refractivity contribution in [3.05, 3.63) is 46.2 Å². The third-order valence-electron chi connectivity index (χ3n) is 4.34. The van der Waals surface area contributed by atoms with Crippen LogP contribution in [0.25, 0.3) is 0 Å². The third-order valence-corrected chi connectivity index (χ3v) is 5.39. The number of benzene rings is 1. The van der Waals surface area contributed by atoms with E-state index in [1.54, 1.807) is 0 Å². The Balaban J connectivity index is 1.71. The van der Waals surface area contributed by atoms with E-state index in [1.165, 1.54) is 35.6 Å². The number of thiazole rings is 1. The van der Waals surface area contributed by atoms with Crippen LogP contribution in [0.3, 0.4) is 0 Å². The lowest BCUT2D eigenvalue weighted by Gasteiger charge is -2.21. The van der Waals surface area contributed by atoms with Crippen molar-refractivity contribution in [2.45, 2.75) is 39.2 Å². The molecule has 2 aromatic rings. The molecule has 1 atom stereocenters. The average molecular weight is 389 g/mol. The van der Waals surface area contributed by atoms with E-state index < -0.39 is 23.7 Å². The van der Waals surface area contributed by atoms with Crippen LogP contribution in [-0.4, -0.2) is 28.6 Å². The van der Waals surface area contributed by atoms with E-state index in [9.17, 15) is 18.8 Å². The second kappa shape index (κ2) is 7.96. The van der Waals surface area contributed by atoms with Gasteiger partial charge in [-0.1, -0.05) is 25.2 Å². The molecule has 1 heterocycles. The summed E-state index contributed by atoms with van der Waals surface area (Å²) in [5, 5.41) is 5.75. The summed E-state index contributed by atoms with van der Waals surface area (Å²) in [4.78, 5) is 41.9. The van der Waals surface area contributed by atoms with Crippen LogP contribution in [0.5, 0.6) is 0 Å². The summed E-state index contributed by atoms with van der Waals surface area (Å²) < 4.78 is 13.0. The van der Waals surface area contributed by atoms with Crippen molar-refractivity contribution in [3.8, 4) is 0 Å². The van der Waals surface area contributed by atoms with Crippen molar-refractivity contribution in [1.82, 2.24) is 10.3 Å². The van der Waals surface area contributed by atoms with Crippen LogP contribution in [0.1, 0.15) is 52.4 Å². The number of rotatable bonds is 5. The highest BCUT2D eigenvalue weighted by atomic mass is 32.1.